The molecule has 2 aromatic carbocycles. The molecule has 1 aliphatic rings. The zero-order valence-corrected chi connectivity index (χ0v) is 14.4. The van der Waals surface area contributed by atoms with E-state index < -0.39 is 4.92 Å². The fourth-order valence-electron chi connectivity index (χ4n) is 2.98. The Morgan fingerprint density at radius 1 is 1.08 bits per heavy atom. The number of hydrogen-bond donors (Lipinski definition) is 1. The van der Waals surface area contributed by atoms with Crippen molar-refractivity contribution in [3.63, 3.8) is 0 Å². The zero-order chi connectivity index (χ0) is 18.4. The van der Waals surface area contributed by atoms with E-state index in [4.69, 9.17) is 4.74 Å². The van der Waals surface area contributed by atoms with Crippen molar-refractivity contribution in [1.82, 2.24) is 0 Å². The van der Waals surface area contributed by atoms with Gasteiger partial charge >= 0.3 is 5.69 Å². The molecule has 0 radical (unpaired) electrons. The second kappa shape index (κ2) is 8.33. The maximum atomic E-state index is 12.0. The summed E-state index contributed by atoms with van der Waals surface area (Å²) in [5, 5.41) is 13.7. The SMILES string of the molecule is O=C(COc1ccccc1[N+](=O)[O-])Nc1ccc(N2CCCCC2)cc1. The lowest BCUT2D eigenvalue weighted by molar-refractivity contribution is -0.385. The predicted octanol–water partition coefficient (Wildman–Crippen LogP) is 3.60. The van der Waals surface area contributed by atoms with Crippen molar-refractivity contribution in [2.45, 2.75) is 19.3 Å². The summed E-state index contributed by atoms with van der Waals surface area (Å²) in [5.74, 6) is -0.290. The average Bonchev–Trinajstić information content (AvgIpc) is 2.68. The summed E-state index contributed by atoms with van der Waals surface area (Å²) in [6.07, 6.45) is 3.70. The monoisotopic (exact) mass is 355 g/mol. The topological polar surface area (TPSA) is 84.7 Å². The van der Waals surface area contributed by atoms with E-state index in [0.29, 0.717) is 5.69 Å². The Balaban J connectivity index is 1.54. The molecule has 0 spiro atoms. The molecule has 2 aromatic rings. The molecule has 1 fully saturated rings. The lowest BCUT2D eigenvalue weighted by Gasteiger charge is -2.28. The standard InChI is InChI=1S/C19H21N3O4/c23-19(14-26-18-7-3-2-6-17(18)22(24)25)20-15-8-10-16(11-9-15)21-12-4-1-5-13-21/h2-3,6-11H,1,4-5,12-14H2,(H,20,23). The number of nitro groups is 1. The highest BCUT2D eigenvalue weighted by Crippen LogP contribution is 2.26. The van der Waals surface area contributed by atoms with Crippen molar-refractivity contribution >= 4 is 23.0 Å². The molecule has 0 aromatic heterocycles. The van der Waals surface area contributed by atoms with E-state index in [1.165, 1.54) is 31.4 Å². The normalized spacial score (nSPS) is 13.9. The van der Waals surface area contributed by atoms with Gasteiger partial charge in [-0.1, -0.05) is 12.1 Å². The smallest absolute Gasteiger partial charge is 0.310 e. The molecule has 1 amide bonds. The van der Waals surface area contributed by atoms with Gasteiger partial charge in [-0.3, -0.25) is 14.9 Å². The third-order valence-electron chi connectivity index (χ3n) is 4.29. The van der Waals surface area contributed by atoms with E-state index in [2.05, 4.69) is 10.2 Å². The number of amides is 1. The summed E-state index contributed by atoms with van der Waals surface area (Å²) in [7, 11) is 0. The van der Waals surface area contributed by atoms with Gasteiger partial charge < -0.3 is 15.0 Å². The van der Waals surface area contributed by atoms with Gasteiger partial charge in [-0.05, 0) is 49.6 Å². The lowest BCUT2D eigenvalue weighted by atomic mass is 10.1. The Morgan fingerprint density at radius 2 is 1.77 bits per heavy atom. The molecular weight excluding hydrogens is 334 g/mol. The van der Waals surface area contributed by atoms with Crippen LogP contribution in [0.25, 0.3) is 0 Å². The van der Waals surface area contributed by atoms with Crippen LogP contribution in [0.2, 0.25) is 0 Å². The Morgan fingerprint density at radius 3 is 2.46 bits per heavy atom. The number of carbonyl (C=O) groups is 1. The first-order chi connectivity index (χ1) is 12.6. The Hall–Kier alpha value is -3.09. The number of anilines is 2. The van der Waals surface area contributed by atoms with Crippen LogP contribution < -0.4 is 15.0 Å². The number of nitrogens with zero attached hydrogens (tertiary/aromatic N) is 2. The molecule has 0 bridgehead atoms. The number of para-hydroxylation sites is 2. The minimum atomic E-state index is -0.535. The highest BCUT2D eigenvalue weighted by molar-refractivity contribution is 5.92. The van der Waals surface area contributed by atoms with Crippen LogP contribution in [-0.2, 0) is 4.79 Å². The Labute approximate surface area is 151 Å². The Bertz CT molecular complexity index is 771. The molecule has 0 aliphatic carbocycles. The number of rotatable bonds is 6. The third kappa shape index (κ3) is 4.50. The first kappa shape index (κ1) is 17.7. The van der Waals surface area contributed by atoms with E-state index in [0.717, 1.165) is 18.8 Å². The minimum Gasteiger partial charge on any atom is -0.477 e. The highest BCUT2D eigenvalue weighted by atomic mass is 16.6. The summed E-state index contributed by atoms with van der Waals surface area (Å²) in [6, 6.07) is 13.7. The van der Waals surface area contributed by atoms with Gasteiger partial charge in [0, 0.05) is 30.5 Å². The quantitative estimate of drug-likeness (QED) is 0.632. The van der Waals surface area contributed by atoms with Crippen LogP contribution in [0.1, 0.15) is 19.3 Å². The predicted molar refractivity (Wildman–Crippen MR) is 99.7 cm³/mol. The van der Waals surface area contributed by atoms with Crippen LogP contribution in [0, 0.1) is 10.1 Å². The summed E-state index contributed by atoms with van der Waals surface area (Å²) in [4.78, 5) is 24.8. The molecule has 136 valence electrons. The molecule has 26 heavy (non-hydrogen) atoms. The van der Waals surface area contributed by atoms with Gasteiger partial charge in [0.25, 0.3) is 5.91 Å². The summed E-state index contributed by atoms with van der Waals surface area (Å²) < 4.78 is 5.29. The zero-order valence-electron chi connectivity index (χ0n) is 14.4. The molecule has 3 rings (SSSR count). The van der Waals surface area contributed by atoms with Gasteiger partial charge in [-0.15, -0.1) is 0 Å². The van der Waals surface area contributed by atoms with E-state index >= 15 is 0 Å². The van der Waals surface area contributed by atoms with E-state index in [9.17, 15) is 14.9 Å². The largest absolute Gasteiger partial charge is 0.477 e. The van der Waals surface area contributed by atoms with E-state index in [1.54, 1.807) is 12.1 Å². The molecule has 0 atom stereocenters. The number of hydrogen-bond acceptors (Lipinski definition) is 5. The van der Waals surface area contributed by atoms with Crippen molar-refractivity contribution in [2.24, 2.45) is 0 Å². The first-order valence-electron chi connectivity index (χ1n) is 8.64. The van der Waals surface area contributed by atoms with E-state index in [1.807, 2.05) is 24.3 Å². The molecule has 7 heteroatoms. The lowest BCUT2D eigenvalue weighted by Crippen LogP contribution is -2.29. The number of carbonyl (C=O) groups excluding carboxylic acids is 1. The van der Waals surface area contributed by atoms with Crippen LogP contribution in [0.15, 0.2) is 48.5 Å². The second-order valence-electron chi connectivity index (χ2n) is 6.16. The highest BCUT2D eigenvalue weighted by Gasteiger charge is 2.15. The van der Waals surface area contributed by atoms with Crippen molar-refractivity contribution in [2.75, 3.05) is 29.9 Å². The molecule has 1 heterocycles. The molecule has 1 N–H and O–H groups in total. The summed E-state index contributed by atoms with van der Waals surface area (Å²) >= 11 is 0. The molecule has 0 saturated carbocycles. The average molecular weight is 355 g/mol. The van der Waals surface area contributed by atoms with Crippen LogP contribution in [0.5, 0.6) is 5.75 Å². The van der Waals surface area contributed by atoms with Gasteiger partial charge in [0.15, 0.2) is 12.4 Å². The van der Waals surface area contributed by atoms with Crippen molar-refractivity contribution < 1.29 is 14.5 Å². The Kier molecular flexibility index (Phi) is 5.68. The fourth-order valence-corrected chi connectivity index (χ4v) is 2.98. The van der Waals surface area contributed by atoms with Crippen LogP contribution in [0.3, 0.4) is 0 Å². The molecule has 1 aliphatic heterocycles. The number of benzene rings is 2. The van der Waals surface area contributed by atoms with Gasteiger partial charge in [0.2, 0.25) is 0 Å². The summed E-state index contributed by atoms with van der Waals surface area (Å²) in [6.45, 7) is 1.84. The molecular formula is C19H21N3O4. The maximum Gasteiger partial charge on any atom is 0.310 e. The fraction of sp³-hybridized carbons (Fsp3) is 0.316. The second-order valence-corrected chi connectivity index (χ2v) is 6.16. The molecule has 1 saturated heterocycles. The number of piperidine rings is 1. The summed E-state index contributed by atoms with van der Waals surface area (Å²) in [5.41, 5.74) is 1.66. The van der Waals surface area contributed by atoms with Crippen molar-refractivity contribution in [1.29, 1.82) is 0 Å². The van der Waals surface area contributed by atoms with Gasteiger partial charge in [0.05, 0.1) is 4.92 Å². The van der Waals surface area contributed by atoms with Gasteiger partial charge in [-0.25, -0.2) is 0 Å². The van der Waals surface area contributed by atoms with Gasteiger partial charge in [-0.2, -0.15) is 0 Å². The third-order valence-corrected chi connectivity index (χ3v) is 4.29. The van der Waals surface area contributed by atoms with E-state index in [-0.39, 0.29) is 24.0 Å². The van der Waals surface area contributed by atoms with Crippen LogP contribution in [-0.4, -0.2) is 30.5 Å². The molecule has 0 unspecified atom stereocenters. The van der Waals surface area contributed by atoms with Crippen LogP contribution >= 0.6 is 0 Å². The van der Waals surface area contributed by atoms with Crippen molar-refractivity contribution in [3.05, 3.63) is 58.6 Å². The van der Waals surface area contributed by atoms with Crippen LogP contribution in [0.4, 0.5) is 17.1 Å². The van der Waals surface area contributed by atoms with Crippen molar-refractivity contribution in [3.8, 4) is 5.75 Å². The number of nitro benzene ring substituents is 1. The number of ether oxygens (including phenoxy) is 1. The maximum absolute atomic E-state index is 12.0. The number of nitrogens with one attached hydrogen (secondary N) is 1. The van der Waals surface area contributed by atoms with Gasteiger partial charge in [0.1, 0.15) is 0 Å². The molecule has 7 nitrogen and oxygen atoms in total. The minimum absolute atomic E-state index is 0.0769. The first-order valence-corrected chi connectivity index (χ1v) is 8.64.